The Morgan fingerprint density at radius 2 is 1.88 bits per heavy atom. The van der Waals surface area contributed by atoms with E-state index < -0.39 is 5.41 Å². The van der Waals surface area contributed by atoms with Crippen LogP contribution in [0.4, 0.5) is 5.13 Å². The number of amides is 2. The van der Waals surface area contributed by atoms with Crippen molar-refractivity contribution in [1.29, 1.82) is 0 Å². The molecule has 134 valence electrons. The number of aromatic nitrogens is 2. The molecule has 0 atom stereocenters. The van der Waals surface area contributed by atoms with Crippen molar-refractivity contribution in [1.82, 2.24) is 15.5 Å². The van der Waals surface area contributed by atoms with Gasteiger partial charge in [-0.05, 0) is 5.56 Å². The minimum atomic E-state index is -0.458. The first kappa shape index (κ1) is 19.4. The third-order valence-electron chi connectivity index (χ3n) is 3.18. The molecule has 8 heteroatoms. The van der Waals surface area contributed by atoms with E-state index in [1.54, 1.807) is 11.8 Å². The topological polar surface area (TPSA) is 84.0 Å². The summed E-state index contributed by atoms with van der Waals surface area (Å²) < 4.78 is 0.806. The Hall–Kier alpha value is -1.93. The predicted octanol–water partition coefficient (Wildman–Crippen LogP) is 3.32. The number of thioether (sulfide) groups is 1. The first-order valence-electron chi connectivity index (χ1n) is 7.93. The standard InChI is InChI=1S/C17H22N4O2S2/c1-17(2,3)14(23)18-10-9-13(22)19-15-20-21-16(25-15)24-11-12-7-5-4-6-8-12/h4-8H,9-11H2,1-3H3,(H,18,23)(H,19,20,22). The molecule has 1 aromatic heterocycles. The molecule has 6 nitrogen and oxygen atoms in total. The SMILES string of the molecule is CC(C)(C)C(=O)NCCC(=O)Nc1nnc(SCc2ccccc2)s1. The van der Waals surface area contributed by atoms with Crippen molar-refractivity contribution in [2.24, 2.45) is 5.41 Å². The number of hydrogen-bond donors (Lipinski definition) is 2. The summed E-state index contributed by atoms with van der Waals surface area (Å²) in [7, 11) is 0. The van der Waals surface area contributed by atoms with Gasteiger partial charge in [0.25, 0.3) is 0 Å². The van der Waals surface area contributed by atoms with Crippen LogP contribution < -0.4 is 10.6 Å². The predicted molar refractivity (Wildman–Crippen MR) is 102 cm³/mol. The Morgan fingerprint density at radius 1 is 1.16 bits per heavy atom. The normalized spacial score (nSPS) is 11.2. The fourth-order valence-electron chi connectivity index (χ4n) is 1.77. The summed E-state index contributed by atoms with van der Waals surface area (Å²) in [6, 6.07) is 10.1. The van der Waals surface area contributed by atoms with Crippen LogP contribution in [0.5, 0.6) is 0 Å². The number of anilines is 1. The van der Waals surface area contributed by atoms with Crippen LogP contribution >= 0.6 is 23.1 Å². The fraction of sp³-hybridized carbons (Fsp3) is 0.412. The molecule has 1 aromatic carbocycles. The molecule has 0 radical (unpaired) electrons. The molecule has 0 saturated heterocycles. The highest BCUT2D eigenvalue weighted by Crippen LogP contribution is 2.28. The van der Waals surface area contributed by atoms with Crippen molar-refractivity contribution < 1.29 is 9.59 Å². The Balaban J connectivity index is 1.73. The van der Waals surface area contributed by atoms with E-state index in [9.17, 15) is 9.59 Å². The van der Waals surface area contributed by atoms with Gasteiger partial charge in [0.1, 0.15) is 0 Å². The van der Waals surface area contributed by atoms with Gasteiger partial charge in [-0.2, -0.15) is 0 Å². The van der Waals surface area contributed by atoms with E-state index >= 15 is 0 Å². The molecule has 25 heavy (non-hydrogen) atoms. The van der Waals surface area contributed by atoms with Crippen LogP contribution in [0.2, 0.25) is 0 Å². The van der Waals surface area contributed by atoms with E-state index in [1.807, 2.05) is 39.0 Å². The summed E-state index contributed by atoms with van der Waals surface area (Å²) in [5, 5.41) is 14.0. The lowest BCUT2D eigenvalue weighted by molar-refractivity contribution is -0.128. The van der Waals surface area contributed by atoms with Gasteiger partial charge < -0.3 is 10.6 Å². The van der Waals surface area contributed by atoms with E-state index in [1.165, 1.54) is 16.9 Å². The first-order chi connectivity index (χ1) is 11.8. The summed E-state index contributed by atoms with van der Waals surface area (Å²) >= 11 is 2.93. The monoisotopic (exact) mass is 378 g/mol. The number of hydrogen-bond acceptors (Lipinski definition) is 6. The number of carbonyl (C=O) groups is 2. The van der Waals surface area contributed by atoms with Gasteiger partial charge in [0, 0.05) is 24.1 Å². The van der Waals surface area contributed by atoms with Crippen LogP contribution in [0.25, 0.3) is 0 Å². The second-order valence-electron chi connectivity index (χ2n) is 6.45. The van der Waals surface area contributed by atoms with Gasteiger partial charge in [-0.25, -0.2) is 0 Å². The Kier molecular flexibility index (Phi) is 6.95. The van der Waals surface area contributed by atoms with Gasteiger partial charge in [-0.3, -0.25) is 9.59 Å². The maximum Gasteiger partial charge on any atom is 0.227 e. The minimum Gasteiger partial charge on any atom is -0.355 e. The van der Waals surface area contributed by atoms with Crippen LogP contribution in [0.1, 0.15) is 32.8 Å². The molecule has 0 aliphatic rings. The zero-order valence-corrected chi connectivity index (χ0v) is 16.2. The zero-order valence-electron chi connectivity index (χ0n) is 14.5. The molecule has 0 aliphatic carbocycles. The zero-order chi connectivity index (χ0) is 18.3. The number of rotatable bonds is 7. The highest BCUT2D eigenvalue weighted by atomic mass is 32.2. The molecule has 0 fully saturated rings. The summed E-state index contributed by atoms with van der Waals surface area (Å²) in [5.41, 5.74) is 0.753. The van der Waals surface area contributed by atoms with Gasteiger partial charge in [0.2, 0.25) is 16.9 Å². The fourth-order valence-corrected chi connectivity index (χ4v) is 3.50. The molecule has 2 rings (SSSR count). The van der Waals surface area contributed by atoms with Crippen molar-refractivity contribution >= 4 is 40.0 Å². The van der Waals surface area contributed by atoms with Crippen molar-refractivity contribution in [2.75, 3.05) is 11.9 Å². The quantitative estimate of drug-likeness (QED) is 0.570. The average Bonchev–Trinajstić information content (AvgIpc) is 3.00. The van der Waals surface area contributed by atoms with Crippen LogP contribution in [-0.2, 0) is 15.3 Å². The average molecular weight is 379 g/mol. The molecule has 0 aliphatic heterocycles. The third-order valence-corrected chi connectivity index (χ3v) is 5.22. The molecular weight excluding hydrogens is 356 g/mol. The van der Waals surface area contributed by atoms with Gasteiger partial charge in [-0.15, -0.1) is 10.2 Å². The smallest absolute Gasteiger partial charge is 0.227 e. The van der Waals surface area contributed by atoms with E-state index in [-0.39, 0.29) is 18.2 Å². The molecule has 1 heterocycles. The number of benzene rings is 1. The van der Waals surface area contributed by atoms with E-state index in [0.29, 0.717) is 11.7 Å². The number of nitrogens with one attached hydrogen (secondary N) is 2. The van der Waals surface area contributed by atoms with Crippen LogP contribution in [0.3, 0.4) is 0 Å². The Morgan fingerprint density at radius 3 is 2.56 bits per heavy atom. The molecular formula is C17H22N4O2S2. The highest BCUT2D eigenvalue weighted by Gasteiger charge is 2.20. The lowest BCUT2D eigenvalue weighted by Crippen LogP contribution is -2.36. The summed E-state index contributed by atoms with van der Waals surface area (Å²) in [6.45, 7) is 5.80. The molecule has 2 aromatic rings. The van der Waals surface area contributed by atoms with E-state index in [2.05, 4.69) is 33.0 Å². The molecule has 0 spiro atoms. The van der Waals surface area contributed by atoms with Gasteiger partial charge in [-0.1, -0.05) is 74.2 Å². The summed E-state index contributed by atoms with van der Waals surface area (Å²) in [4.78, 5) is 23.6. The summed E-state index contributed by atoms with van der Waals surface area (Å²) in [6.07, 6.45) is 0.202. The van der Waals surface area contributed by atoms with Crippen LogP contribution in [0.15, 0.2) is 34.7 Å². The van der Waals surface area contributed by atoms with Crippen molar-refractivity contribution in [2.45, 2.75) is 37.3 Å². The Labute approximate surface area is 155 Å². The lowest BCUT2D eigenvalue weighted by Gasteiger charge is -2.17. The number of carbonyl (C=O) groups excluding carboxylic acids is 2. The van der Waals surface area contributed by atoms with Gasteiger partial charge in [0.05, 0.1) is 0 Å². The minimum absolute atomic E-state index is 0.0733. The van der Waals surface area contributed by atoms with Crippen LogP contribution in [-0.4, -0.2) is 28.6 Å². The first-order valence-corrected chi connectivity index (χ1v) is 9.73. The maximum atomic E-state index is 11.9. The van der Waals surface area contributed by atoms with Crippen molar-refractivity contribution in [3.63, 3.8) is 0 Å². The number of nitrogens with zero attached hydrogens (tertiary/aromatic N) is 2. The van der Waals surface area contributed by atoms with Gasteiger partial charge >= 0.3 is 0 Å². The van der Waals surface area contributed by atoms with Crippen molar-refractivity contribution in [3.8, 4) is 0 Å². The largest absolute Gasteiger partial charge is 0.355 e. The molecule has 0 saturated carbocycles. The maximum absolute atomic E-state index is 11.9. The van der Waals surface area contributed by atoms with E-state index in [4.69, 9.17) is 0 Å². The second kappa shape index (κ2) is 8.96. The molecule has 0 bridgehead atoms. The Bertz CT molecular complexity index is 711. The van der Waals surface area contributed by atoms with Crippen LogP contribution in [0, 0.1) is 5.41 Å². The van der Waals surface area contributed by atoms with Crippen molar-refractivity contribution in [3.05, 3.63) is 35.9 Å². The molecule has 0 unspecified atom stereocenters. The molecule has 2 N–H and O–H groups in total. The molecule has 2 amide bonds. The highest BCUT2D eigenvalue weighted by molar-refractivity contribution is 8.00. The third kappa shape index (κ3) is 6.83. The lowest BCUT2D eigenvalue weighted by atomic mass is 9.96. The van der Waals surface area contributed by atoms with E-state index in [0.717, 1.165) is 10.1 Å². The van der Waals surface area contributed by atoms with Gasteiger partial charge in [0.15, 0.2) is 4.34 Å². The second-order valence-corrected chi connectivity index (χ2v) is 8.65. The summed E-state index contributed by atoms with van der Waals surface area (Å²) in [5.74, 6) is 0.545.